The number of rotatable bonds is 5. The van der Waals surface area contributed by atoms with Gasteiger partial charge in [-0.15, -0.1) is 22.7 Å². The largest absolute Gasteiger partial charge is 0.420 e. The summed E-state index contributed by atoms with van der Waals surface area (Å²) >= 11 is 15.2. The lowest BCUT2D eigenvalue weighted by Crippen LogP contribution is -2.34. The summed E-state index contributed by atoms with van der Waals surface area (Å²) in [6, 6.07) is 15.7. The number of thiophene rings is 2. The molecule has 2 atom stereocenters. The van der Waals surface area contributed by atoms with Crippen molar-refractivity contribution in [1.29, 1.82) is 0 Å². The fourth-order valence-electron chi connectivity index (χ4n) is 9.15. The number of benzene rings is 2. The first-order valence-corrected chi connectivity index (χ1v) is 24.6. The Balaban J connectivity index is 0.000000156. The van der Waals surface area contributed by atoms with Gasteiger partial charge in [0.05, 0.1) is 33.7 Å². The molecule has 0 aliphatic carbocycles. The van der Waals surface area contributed by atoms with Gasteiger partial charge in [0.1, 0.15) is 9.75 Å². The molecule has 68 heavy (non-hydrogen) atoms. The highest BCUT2D eigenvalue weighted by atomic mass is 35.5. The van der Waals surface area contributed by atoms with Crippen molar-refractivity contribution in [3.05, 3.63) is 91.9 Å². The van der Waals surface area contributed by atoms with E-state index in [0.717, 1.165) is 109 Å². The highest BCUT2D eigenvalue weighted by molar-refractivity contribution is 7.22. The first-order valence-electron chi connectivity index (χ1n) is 22.2. The zero-order valence-corrected chi connectivity index (χ0v) is 39.8. The van der Waals surface area contributed by atoms with Crippen LogP contribution < -0.4 is 36.1 Å². The molecule has 8 aromatic rings. The van der Waals surface area contributed by atoms with Crippen molar-refractivity contribution >= 4 is 111 Å². The molecule has 20 heteroatoms. The van der Waals surface area contributed by atoms with Crippen LogP contribution in [0.5, 0.6) is 23.5 Å². The second-order valence-electron chi connectivity index (χ2n) is 17.3. The van der Waals surface area contributed by atoms with Crippen LogP contribution >= 0.6 is 45.9 Å². The van der Waals surface area contributed by atoms with E-state index in [2.05, 4.69) is 58.5 Å². The van der Waals surface area contributed by atoms with Gasteiger partial charge in [0, 0.05) is 99.5 Å². The molecule has 16 nitrogen and oxygen atoms in total. The van der Waals surface area contributed by atoms with Gasteiger partial charge in [-0.3, -0.25) is 9.59 Å². The summed E-state index contributed by atoms with van der Waals surface area (Å²) in [6.07, 6.45) is 4.56. The van der Waals surface area contributed by atoms with Crippen LogP contribution in [0.1, 0.15) is 76.2 Å². The van der Waals surface area contributed by atoms with Crippen molar-refractivity contribution in [1.82, 2.24) is 50.8 Å². The van der Waals surface area contributed by atoms with Crippen LogP contribution in [-0.2, 0) is 13.0 Å². The highest BCUT2D eigenvalue weighted by Gasteiger charge is 2.28. The van der Waals surface area contributed by atoms with E-state index in [1.165, 1.54) is 22.7 Å². The summed E-state index contributed by atoms with van der Waals surface area (Å²) in [6.45, 7) is 8.84. The summed E-state index contributed by atoms with van der Waals surface area (Å²) in [5.41, 5.74) is 6.13. The molecule has 4 aliphatic heterocycles. The maximum absolute atomic E-state index is 12.7. The number of anilines is 2. The standard InChI is InChI=1S/C24H23ClN6O2S.C23H21ClN6O2S.CH4/c1-12-10-27-20-19-14-2-5-18(30-16(14)3-4-17(19)34-21(20)22(32)29-12)33-23-15(11-28-24(25)31-23)13-6-8-26-9-7-13;1-11-9-25-19-18-12-3-6-17(27-14(12)4-5-16(18)33-20(19)21(31)26-11)32-22-13-10-30(2)8-7-15(13)28-23(24)29-22;/h2-5,11-13,26-27H,6-10H2,1H3,(H,29,32);3-6,11,25H,7-10H2,1-2H3,(H,26,31);1H4/t12-;11-;/m11./s1. The Hall–Kier alpha value is -6.02. The molecule has 0 radical (unpaired) electrons. The maximum Gasteiger partial charge on any atom is 0.263 e. The SMILES string of the molecule is C.C[C@@H]1CNc2c(sc3ccc4nc(Oc5nc(Cl)nc6c5CN(C)CC6)ccc4c23)C(=O)N1.C[C@@H]1CNc2c(sc3ccc4nc(Oc5nc(Cl)ncc5C5CCNCC5)ccc4c23)C(=O)N1. The predicted molar refractivity (Wildman–Crippen MR) is 271 cm³/mol. The molecule has 1 fully saturated rings. The molecule has 0 spiro atoms. The molecule has 12 rings (SSSR count). The Morgan fingerprint density at radius 2 is 1.26 bits per heavy atom. The summed E-state index contributed by atoms with van der Waals surface area (Å²) in [4.78, 5) is 55.7. The minimum Gasteiger partial charge on any atom is -0.420 e. The van der Waals surface area contributed by atoms with Gasteiger partial charge in [-0.25, -0.2) is 19.9 Å². The quantitative estimate of drug-likeness (QED) is 0.102. The average Bonchev–Trinajstić information content (AvgIpc) is 3.82. The van der Waals surface area contributed by atoms with Crippen LogP contribution in [0, 0.1) is 0 Å². The molecular weight excluding hydrogens is 944 g/mol. The second kappa shape index (κ2) is 18.8. The van der Waals surface area contributed by atoms with E-state index in [1.54, 1.807) is 6.20 Å². The number of likely N-dealkylation sites (N-methyl/N-ethyl adjacent to an activating group) is 1. The number of piperidine rings is 1. The topological polar surface area (TPSA) is 193 Å². The molecule has 2 amide bonds. The number of aromatic nitrogens is 6. The van der Waals surface area contributed by atoms with Gasteiger partial charge in [0.2, 0.25) is 34.1 Å². The number of ether oxygens (including phenoxy) is 2. The van der Waals surface area contributed by atoms with Crippen LogP contribution in [-0.4, -0.2) is 98.5 Å². The van der Waals surface area contributed by atoms with Crippen molar-refractivity contribution in [2.24, 2.45) is 0 Å². The molecule has 0 unspecified atom stereocenters. The van der Waals surface area contributed by atoms with Crippen LogP contribution in [0.2, 0.25) is 10.6 Å². The van der Waals surface area contributed by atoms with Crippen molar-refractivity contribution in [2.75, 3.05) is 50.4 Å². The van der Waals surface area contributed by atoms with Crippen LogP contribution in [0.3, 0.4) is 0 Å². The normalized spacial score (nSPS) is 18.4. The third kappa shape index (κ3) is 8.80. The first-order chi connectivity index (χ1) is 32.5. The molecule has 5 N–H and O–H groups in total. The van der Waals surface area contributed by atoms with Crippen molar-refractivity contribution < 1.29 is 19.1 Å². The second-order valence-corrected chi connectivity index (χ2v) is 20.1. The zero-order chi connectivity index (χ0) is 45.9. The van der Waals surface area contributed by atoms with E-state index < -0.39 is 0 Å². The smallest absolute Gasteiger partial charge is 0.263 e. The Bertz CT molecular complexity index is 3290. The lowest BCUT2D eigenvalue weighted by Gasteiger charge is -2.25. The van der Waals surface area contributed by atoms with Gasteiger partial charge < -0.3 is 41.0 Å². The molecular formula is C48H48Cl2N12O4S2. The maximum atomic E-state index is 12.7. The Morgan fingerprint density at radius 1 is 0.706 bits per heavy atom. The number of fused-ring (bicyclic) bond motifs is 11. The van der Waals surface area contributed by atoms with Gasteiger partial charge in [-0.2, -0.15) is 9.97 Å². The third-order valence-corrected chi connectivity index (χ3v) is 15.1. The van der Waals surface area contributed by atoms with Gasteiger partial charge in [-0.05, 0) is 112 Å². The van der Waals surface area contributed by atoms with E-state index in [9.17, 15) is 9.59 Å². The monoisotopic (exact) mass is 990 g/mol. The summed E-state index contributed by atoms with van der Waals surface area (Å²) in [5, 5.41) is 20.6. The van der Waals surface area contributed by atoms with Crippen LogP contribution in [0.25, 0.3) is 42.0 Å². The van der Waals surface area contributed by atoms with Crippen molar-refractivity contribution in [3.63, 3.8) is 0 Å². The van der Waals surface area contributed by atoms with Crippen molar-refractivity contribution in [2.45, 2.75) is 65.1 Å². The molecule has 6 aromatic heterocycles. The van der Waals surface area contributed by atoms with Crippen molar-refractivity contribution in [3.8, 4) is 23.5 Å². The zero-order valence-electron chi connectivity index (χ0n) is 36.6. The van der Waals surface area contributed by atoms with Gasteiger partial charge >= 0.3 is 0 Å². The molecule has 0 saturated carbocycles. The van der Waals surface area contributed by atoms with Gasteiger partial charge in [0.15, 0.2) is 0 Å². The minimum atomic E-state index is -0.0415. The summed E-state index contributed by atoms with van der Waals surface area (Å²) in [7, 11) is 2.06. The number of halogens is 2. The van der Waals surface area contributed by atoms with Gasteiger partial charge in [-0.1, -0.05) is 7.43 Å². The van der Waals surface area contributed by atoms with Crippen LogP contribution in [0.4, 0.5) is 11.4 Å². The molecule has 1 saturated heterocycles. The number of pyridine rings is 2. The third-order valence-electron chi connectivity index (χ3n) is 12.4. The number of carbonyl (C=O) groups excluding carboxylic acids is 2. The van der Waals surface area contributed by atoms with E-state index in [-0.39, 0.29) is 41.9 Å². The number of carbonyl (C=O) groups is 2. The molecule has 4 aliphatic rings. The highest BCUT2D eigenvalue weighted by Crippen LogP contribution is 2.43. The average molecular weight is 992 g/mol. The number of nitrogens with zero attached hydrogens (tertiary/aromatic N) is 7. The molecule has 10 heterocycles. The number of nitrogens with one attached hydrogen (secondary N) is 5. The Labute approximate surface area is 409 Å². The summed E-state index contributed by atoms with van der Waals surface area (Å²) < 4.78 is 14.4. The lowest BCUT2D eigenvalue weighted by atomic mass is 9.92. The van der Waals surface area contributed by atoms with E-state index >= 15 is 0 Å². The lowest BCUT2D eigenvalue weighted by molar-refractivity contribution is 0.0940. The fraction of sp³-hybridized carbons (Fsp3) is 0.333. The molecule has 2 aromatic carbocycles. The van der Waals surface area contributed by atoms with Crippen LogP contribution in [0.15, 0.2) is 54.7 Å². The van der Waals surface area contributed by atoms with E-state index in [1.807, 2.05) is 62.4 Å². The van der Waals surface area contributed by atoms with E-state index in [4.69, 9.17) is 42.6 Å². The Morgan fingerprint density at radius 3 is 1.85 bits per heavy atom. The fourth-order valence-corrected chi connectivity index (χ4v) is 11.7. The Kier molecular flexibility index (Phi) is 12.7. The number of amides is 2. The van der Waals surface area contributed by atoms with Gasteiger partial charge in [0.25, 0.3) is 11.8 Å². The predicted octanol–water partition coefficient (Wildman–Crippen LogP) is 9.55. The molecule has 0 bridgehead atoms. The molecule has 350 valence electrons. The number of hydrogen-bond acceptors (Lipinski definition) is 16. The summed E-state index contributed by atoms with van der Waals surface area (Å²) in [5.74, 6) is 2.01. The number of hydrogen-bond donors (Lipinski definition) is 5. The first kappa shape index (κ1) is 45.7. The minimum absolute atomic E-state index is 0. The van der Waals surface area contributed by atoms with E-state index in [0.29, 0.717) is 58.8 Å².